The van der Waals surface area contributed by atoms with Crippen LogP contribution >= 0.6 is 11.3 Å². The number of nitrogens with zero attached hydrogens (tertiary/aromatic N) is 3. The zero-order chi connectivity index (χ0) is 12.7. The minimum atomic E-state index is -0.938. The van der Waals surface area contributed by atoms with Gasteiger partial charge in [0.05, 0.1) is 23.3 Å². The summed E-state index contributed by atoms with van der Waals surface area (Å²) in [6.07, 6.45) is 0. The molecule has 0 radical (unpaired) electrons. The zero-order valence-electron chi connectivity index (χ0n) is 9.10. The minimum Gasteiger partial charge on any atom is -0.369 e. The van der Waals surface area contributed by atoms with E-state index in [4.69, 9.17) is 5.73 Å². The first-order valence-corrected chi connectivity index (χ1v) is 6.08. The lowest BCUT2D eigenvalue weighted by Crippen LogP contribution is -2.06. The Balaban J connectivity index is 2.21. The fraction of sp³-hybridized carbons (Fsp3) is 0.0909. The molecule has 0 saturated heterocycles. The second-order valence-electron chi connectivity index (χ2n) is 3.77. The maximum atomic E-state index is 13.8. The highest BCUT2D eigenvalue weighted by molar-refractivity contribution is 7.07. The highest BCUT2D eigenvalue weighted by atomic mass is 32.1. The van der Waals surface area contributed by atoms with Crippen molar-refractivity contribution in [2.45, 2.75) is 6.54 Å². The summed E-state index contributed by atoms with van der Waals surface area (Å²) < 4.78 is 28.5. The quantitative estimate of drug-likeness (QED) is 0.775. The smallest absolute Gasteiger partial charge is 0.201 e. The van der Waals surface area contributed by atoms with E-state index in [0.29, 0.717) is 5.52 Å². The topological polar surface area (TPSA) is 56.7 Å². The standard InChI is InChI=1S/C11H8F2N4S/c12-7-1-2-8-10(9(7)13)17(11(14)16-8)3-6-4-18-5-15-6/h1-2,4-5H,3H2,(H2,14,16). The Kier molecular flexibility index (Phi) is 2.48. The zero-order valence-corrected chi connectivity index (χ0v) is 9.92. The van der Waals surface area contributed by atoms with Gasteiger partial charge in [0.15, 0.2) is 11.6 Å². The van der Waals surface area contributed by atoms with Gasteiger partial charge in [0, 0.05) is 5.38 Å². The van der Waals surface area contributed by atoms with Gasteiger partial charge < -0.3 is 10.3 Å². The van der Waals surface area contributed by atoms with Crippen LogP contribution in [0.3, 0.4) is 0 Å². The highest BCUT2D eigenvalue weighted by Crippen LogP contribution is 2.24. The molecule has 3 aromatic rings. The number of anilines is 1. The van der Waals surface area contributed by atoms with Crippen molar-refractivity contribution in [1.29, 1.82) is 0 Å². The normalized spacial score (nSPS) is 11.2. The van der Waals surface area contributed by atoms with E-state index in [-0.39, 0.29) is 18.0 Å². The number of halogens is 2. The Morgan fingerprint density at radius 3 is 2.89 bits per heavy atom. The van der Waals surface area contributed by atoms with Crippen LogP contribution in [0.5, 0.6) is 0 Å². The van der Waals surface area contributed by atoms with Crippen molar-refractivity contribution in [3.63, 3.8) is 0 Å². The second kappa shape index (κ2) is 4.02. The summed E-state index contributed by atoms with van der Waals surface area (Å²) in [6.45, 7) is 0.270. The van der Waals surface area contributed by atoms with Crippen LogP contribution in [0.25, 0.3) is 11.0 Å². The lowest BCUT2D eigenvalue weighted by Gasteiger charge is -2.04. The summed E-state index contributed by atoms with van der Waals surface area (Å²) in [5.41, 5.74) is 8.53. The molecule has 92 valence electrons. The number of nitrogens with two attached hydrogens (primary N) is 1. The average Bonchev–Trinajstić information content (AvgIpc) is 2.94. The second-order valence-corrected chi connectivity index (χ2v) is 4.48. The van der Waals surface area contributed by atoms with Crippen LogP contribution in [0.4, 0.5) is 14.7 Å². The Hall–Kier alpha value is -2.02. The number of benzene rings is 1. The monoisotopic (exact) mass is 266 g/mol. The number of imidazole rings is 1. The van der Waals surface area contributed by atoms with E-state index in [9.17, 15) is 8.78 Å². The molecule has 0 bridgehead atoms. The van der Waals surface area contributed by atoms with Crippen LogP contribution in [-0.2, 0) is 6.54 Å². The number of rotatable bonds is 2. The molecule has 1 aromatic carbocycles. The van der Waals surface area contributed by atoms with Crippen LogP contribution in [0.2, 0.25) is 0 Å². The first-order chi connectivity index (χ1) is 8.66. The third-order valence-electron chi connectivity index (χ3n) is 2.63. The lowest BCUT2D eigenvalue weighted by molar-refractivity contribution is 0.512. The first kappa shape index (κ1) is 11.1. The largest absolute Gasteiger partial charge is 0.369 e. The van der Waals surface area contributed by atoms with Gasteiger partial charge in [-0.1, -0.05) is 0 Å². The molecule has 0 aliphatic rings. The minimum absolute atomic E-state index is 0.0699. The number of fused-ring (bicyclic) bond motifs is 1. The Bertz CT molecular complexity index is 705. The fourth-order valence-corrected chi connectivity index (χ4v) is 2.36. The molecule has 7 heteroatoms. The summed E-state index contributed by atoms with van der Waals surface area (Å²) in [5, 5.41) is 1.82. The molecule has 0 atom stereocenters. The number of nitrogen functional groups attached to an aromatic ring is 1. The Morgan fingerprint density at radius 1 is 1.33 bits per heavy atom. The van der Waals surface area contributed by atoms with Crippen molar-refractivity contribution in [3.8, 4) is 0 Å². The van der Waals surface area contributed by atoms with Gasteiger partial charge in [-0.25, -0.2) is 18.7 Å². The number of hydrogen-bond acceptors (Lipinski definition) is 4. The molecule has 3 rings (SSSR count). The molecule has 2 heterocycles. The predicted octanol–water partition coefficient (Wildman–Crippen LogP) is 2.40. The van der Waals surface area contributed by atoms with Crippen LogP contribution in [-0.4, -0.2) is 14.5 Å². The summed E-state index contributed by atoms with van der Waals surface area (Å²) in [4.78, 5) is 8.09. The molecule has 18 heavy (non-hydrogen) atoms. The van der Waals surface area contributed by atoms with Gasteiger partial charge in [-0.15, -0.1) is 11.3 Å². The fourth-order valence-electron chi connectivity index (χ4n) is 1.81. The molecule has 2 aromatic heterocycles. The molecule has 0 aliphatic carbocycles. The van der Waals surface area contributed by atoms with Gasteiger partial charge >= 0.3 is 0 Å². The third kappa shape index (κ3) is 1.63. The SMILES string of the molecule is Nc1nc2ccc(F)c(F)c2n1Cc1cscn1. The van der Waals surface area contributed by atoms with Gasteiger partial charge in [0.1, 0.15) is 5.52 Å². The number of thiazole rings is 1. The van der Waals surface area contributed by atoms with E-state index >= 15 is 0 Å². The molecule has 0 aliphatic heterocycles. The van der Waals surface area contributed by atoms with Gasteiger partial charge in [-0.2, -0.15) is 0 Å². The van der Waals surface area contributed by atoms with Crippen molar-refractivity contribution in [2.24, 2.45) is 0 Å². The molecule has 0 spiro atoms. The maximum Gasteiger partial charge on any atom is 0.201 e. The molecule has 0 amide bonds. The van der Waals surface area contributed by atoms with E-state index in [1.807, 2.05) is 5.38 Å². The highest BCUT2D eigenvalue weighted by Gasteiger charge is 2.16. The molecule has 0 saturated carbocycles. The molecule has 2 N–H and O–H groups in total. The molecule has 4 nitrogen and oxygen atoms in total. The first-order valence-electron chi connectivity index (χ1n) is 5.13. The van der Waals surface area contributed by atoms with Gasteiger partial charge in [-0.3, -0.25) is 0 Å². The van der Waals surface area contributed by atoms with Crippen LogP contribution in [0.15, 0.2) is 23.0 Å². The molecular formula is C11H8F2N4S. The van der Waals surface area contributed by atoms with Gasteiger partial charge in [0.25, 0.3) is 0 Å². The predicted molar refractivity (Wildman–Crippen MR) is 65.3 cm³/mol. The number of hydrogen-bond donors (Lipinski definition) is 1. The Labute approximate surface area is 105 Å². The van der Waals surface area contributed by atoms with E-state index in [1.165, 1.54) is 22.0 Å². The van der Waals surface area contributed by atoms with E-state index in [1.54, 1.807) is 5.51 Å². The van der Waals surface area contributed by atoms with Crippen LogP contribution < -0.4 is 5.73 Å². The van der Waals surface area contributed by atoms with Gasteiger partial charge in [-0.05, 0) is 12.1 Å². The molecule has 0 unspecified atom stereocenters. The van der Waals surface area contributed by atoms with Crippen LogP contribution in [0, 0.1) is 11.6 Å². The van der Waals surface area contributed by atoms with Crippen molar-refractivity contribution >= 4 is 28.3 Å². The van der Waals surface area contributed by atoms with Crippen molar-refractivity contribution in [2.75, 3.05) is 5.73 Å². The summed E-state index contributed by atoms with van der Waals surface area (Å²) >= 11 is 1.43. The van der Waals surface area contributed by atoms with E-state index in [0.717, 1.165) is 11.8 Å². The van der Waals surface area contributed by atoms with Crippen molar-refractivity contribution < 1.29 is 8.78 Å². The molecule has 0 fully saturated rings. The van der Waals surface area contributed by atoms with Crippen molar-refractivity contribution in [3.05, 3.63) is 40.4 Å². The Morgan fingerprint density at radius 2 is 2.17 bits per heavy atom. The van der Waals surface area contributed by atoms with E-state index < -0.39 is 11.6 Å². The summed E-state index contributed by atoms with van der Waals surface area (Å²) in [6, 6.07) is 2.44. The van der Waals surface area contributed by atoms with Gasteiger partial charge in [0.2, 0.25) is 5.95 Å². The summed E-state index contributed by atoms with van der Waals surface area (Å²) in [7, 11) is 0. The number of aromatic nitrogens is 3. The van der Waals surface area contributed by atoms with Crippen molar-refractivity contribution in [1.82, 2.24) is 14.5 Å². The van der Waals surface area contributed by atoms with E-state index in [2.05, 4.69) is 9.97 Å². The third-order valence-corrected chi connectivity index (χ3v) is 3.27. The van der Waals surface area contributed by atoms with Crippen LogP contribution in [0.1, 0.15) is 5.69 Å². The summed E-state index contributed by atoms with van der Waals surface area (Å²) in [5.74, 6) is -1.71. The molecular weight excluding hydrogens is 258 g/mol. The lowest BCUT2D eigenvalue weighted by atomic mass is 10.3. The average molecular weight is 266 g/mol. The maximum absolute atomic E-state index is 13.8.